The Labute approximate surface area is 138 Å². The van der Waals surface area contributed by atoms with Gasteiger partial charge >= 0.3 is 0 Å². The molecule has 1 aliphatic carbocycles. The average molecular weight is 317 g/mol. The fraction of sp³-hybridized carbons (Fsp3) is 0.611. The quantitative estimate of drug-likeness (QED) is 0.806. The summed E-state index contributed by atoms with van der Waals surface area (Å²) in [6.45, 7) is 8.04. The van der Waals surface area contributed by atoms with Crippen molar-refractivity contribution >= 4 is 11.6 Å². The van der Waals surface area contributed by atoms with Crippen molar-refractivity contribution in [3.63, 3.8) is 0 Å². The van der Waals surface area contributed by atoms with Gasteiger partial charge in [0.05, 0.1) is 12.3 Å². The van der Waals surface area contributed by atoms with E-state index in [4.69, 9.17) is 4.74 Å². The van der Waals surface area contributed by atoms with Gasteiger partial charge in [-0.2, -0.15) is 0 Å². The molecule has 1 heterocycles. The van der Waals surface area contributed by atoms with Crippen LogP contribution in [0.1, 0.15) is 25.3 Å². The van der Waals surface area contributed by atoms with Crippen molar-refractivity contribution in [3.8, 4) is 5.75 Å². The van der Waals surface area contributed by atoms with Gasteiger partial charge in [0, 0.05) is 38.6 Å². The Balaban J connectivity index is 1.61. The summed E-state index contributed by atoms with van der Waals surface area (Å²) in [4.78, 5) is 14.5. The zero-order valence-corrected chi connectivity index (χ0v) is 13.9. The summed E-state index contributed by atoms with van der Waals surface area (Å²) in [7, 11) is 0. The summed E-state index contributed by atoms with van der Waals surface area (Å²) >= 11 is 0. The number of carbonyl (C=O) groups is 1. The van der Waals surface area contributed by atoms with Crippen molar-refractivity contribution < 1.29 is 9.53 Å². The smallest absolute Gasteiger partial charge is 0.227 e. The summed E-state index contributed by atoms with van der Waals surface area (Å²) in [5.74, 6) is 1.12. The predicted octanol–water partition coefficient (Wildman–Crippen LogP) is 1.88. The van der Waals surface area contributed by atoms with Gasteiger partial charge in [-0.05, 0) is 43.9 Å². The maximum atomic E-state index is 12.0. The minimum atomic E-state index is 0.125. The number of anilines is 1. The molecule has 1 aliphatic heterocycles. The van der Waals surface area contributed by atoms with Gasteiger partial charge in [0.2, 0.25) is 5.91 Å². The van der Waals surface area contributed by atoms with Crippen molar-refractivity contribution in [2.75, 3.05) is 44.6 Å². The second-order valence-electron chi connectivity index (χ2n) is 6.37. The third-order valence-corrected chi connectivity index (χ3v) is 4.48. The van der Waals surface area contributed by atoms with Crippen LogP contribution >= 0.6 is 0 Å². The van der Waals surface area contributed by atoms with E-state index in [-0.39, 0.29) is 11.8 Å². The molecule has 0 spiro atoms. The molecule has 3 rings (SSSR count). The third-order valence-electron chi connectivity index (χ3n) is 4.48. The highest BCUT2D eigenvalue weighted by atomic mass is 16.5. The summed E-state index contributed by atoms with van der Waals surface area (Å²) in [6, 6.07) is 6.17. The van der Waals surface area contributed by atoms with Crippen LogP contribution in [0.4, 0.5) is 5.69 Å². The zero-order valence-electron chi connectivity index (χ0n) is 13.9. The lowest BCUT2D eigenvalue weighted by atomic mass is 10.1. The molecule has 2 aliphatic rings. The van der Waals surface area contributed by atoms with Gasteiger partial charge in [0.1, 0.15) is 5.75 Å². The number of amides is 1. The number of hydrogen-bond donors (Lipinski definition) is 2. The van der Waals surface area contributed by atoms with E-state index in [9.17, 15) is 4.79 Å². The summed E-state index contributed by atoms with van der Waals surface area (Å²) in [6.07, 6.45) is 3.04. The lowest BCUT2D eigenvalue weighted by Gasteiger charge is -2.27. The number of benzene rings is 1. The molecular weight excluding hydrogens is 290 g/mol. The molecule has 1 amide bonds. The largest absolute Gasteiger partial charge is 0.492 e. The van der Waals surface area contributed by atoms with Gasteiger partial charge < -0.3 is 20.3 Å². The van der Waals surface area contributed by atoms with E-state index in [1.807, 2.05) is 13.0 Å². The van der Waals surface area contributed by atoms with E-state index in [2.05, 4.69) is 27.7 Å². The van der Waals surface area contributed by atoms with Crippen LogP contribution in [0.25, 0.3) is 0 Å². The Hall–Kier alpha value is -1.59. The van der Waals surface area contributed by atoms with Gasteiger partial charge in [-0.15, -0.1) is 0 Å². The molecule has 0 atom stereocenters. The lowest BCUT2D eigenvalue weighted by molar-refractivity contribution is -0.117. The highest BCUT2D eigenvalue weighted by Gasteiger charge is 2.30. The summed E-state index contributed by atoms with van der Waals surface area (Å²) in [5.41, 5.74) is 2.06. The van der Waals surface area contributed by atoms with E-state index < -0.39 is 0 Å². The average Bonchev–Trinajstić information content (AvgIpc) is 3.41. The first-order valence-corrected chi connectivity index (χ1v) is 8.76. The molecule has 5 nitrogen and oxygen atoms in total. The predicted molar refractivity (Wildman–Crippen MR) is 92.0 cm³/mol. The maximum absolute atomic E-state index is 12.0. The summed E-state index contributed by atoms with van der Waals surface area (Å²) < 4.78 is 5.73. The van der Waals surface area contributed by atoms with E-state index >= 15 is 0 Å². The first-order chi connectivity index (χ1) is 11.3. The topological polar surface area (TPSA) is 53.6 Å². The van der Waals surface area contributed by atoms with Crippen LogP contribution in [0.2, 0.25) is 0 Å². The number of rotatable bonds is 7. The van der Waals surface area contributed by atoms with Crippen LogP contribution in [-0.4, -0.2) is 50.1 Å². The lowest BCUT2D eigenvalue weighted by Crippen LogP contribution is -2.44. The highest BCUT2D eigenvalue weighted by molar-refractivity contribution is 5.95. The minimum Gasteiger partial charge on any atom is -0.492 e. The molecule has 2 fully saturated rings. The van der Waals surface area contributed by atoms with E-state index in [1.54, 1.807) is 0 Å². The molecule has 0 bridgehead atoms. The van der Waals surface area contributed by atoms with Crippen molar-refractivity contribution in [2.24, 2.45) is 5.92 Å². The van der Waals surface area contributed by atoms with Crippen molar-refractivity contribution in [3.05, 3.63) is 23.8 Å². The normalized spacial score (nSPS) is 18.7. The summed E-state index contributed by atoms with van der Waals surface area (Å²) in [5, 5.41) is 6.38. The molecule has 1 aromatic rings. The molecule has 23 heavy (non-hydrogen) atoms. The molecule has 0 aromatic heterocycles. The number of nitrogens with zero attached hydrogens (tertiary/aromatic N) is 1. The van der Waals surface area contributed by atoms with Gasteiger partial charge in [-0.3, -0.25) is 4.79 Å². The number of nitrogens with one attached hydrogen (secondary N) is 2. The van der Waals surface area contributed by atoms with Crippen LogP contribution in [0, 0.1) is 5.92 Å². The molecule has 2 N–H and O–H groups in total. The second-order valence-corrected chi connectivity index (χ2v) is 6.37. The Morgan fingerprint density at radius 2 is 2.13 bits per heavy atom. The van der Waals surface area contributed by atoms with Gasteiger partial charge in [0.15, 0.2) is 0 Å². The minimum absolute atomic E-state index is 0.125. The first kappa shape index (κ1) is 16.3. The second kappa shape index (κ2) is 7.79. The molecule has 1 saturated carbocycles. The van der Waals surface area contributed by atoms with Gasteiger partial charge in [0.25, 0.3) is 0 Å². The molecule has 0 unspecified atom stereocenters. The molecular formula is C18H27N3O2. The van der Waals surface area contributed by atoms with E-state index in [1.165, 1.54) is 5.56 Å². The van der Waals surface area contributed by atoms with Crippen LogP contribution in [-0.2, 0) is 11.2 Å². The number of ether oxygens (including phenoxy) is 1. The van der Waals surface area contributed by atoms with Crippen molar-refractivity contribution in [1.82, 2.24) is 10.2 Å². The Bertz CT molecular complexity index is 537. The molecule has 126 valence electrons. The number of carbonyl (C=O) groups excluding carboxylic acids is 1. The monoisotopic (exact) mass is 317 g/mol. The maximum Gasteiger partial charge on any atom is 0.227 e. The van der Waals surface area contributed by atoms with Crippen LogP contribution in [0.5, 0.6) is 5.75 Å². The van der Waals surface area contributed by atoms with Gasteiger partial charge in [-0.1, -0.05) is 6.07 Å². The fourth-order valence-electron chi connectivity index (χ4n) is 2.90. The van der Waals surface area contributed by atoms with Crippen LogP contribution in [0.3, 0.4) is 0 Å². The van der Waals surface area contributed by atoms with Crippen molar-refractivity contribution in [1.29, 1.82) is 0 Å². The molecule has 5 heteroatoms. The Morgan fingerprint density at radius 1 is 1.35 bits per heavy atom. The number of hydrogen-bond acceptors (Lipinski definition) is 4. The van der Waals surface area contributed by atoms with E-state index in [0.717, 1.165) is 63.4 Å². The first-order valence-electron chi connectivity index (χ1n) is 8.76. The van der Waals surface area contributed by atoms with Crippen LogP contribution in [0.15, 0.2) is 18.2 Å². The van der Waals surface area contributed by atoms with Crippen molar-refractivity contribution in [2.45, 2.75) is 26.2 Å². The zero-order chi connectivity index (χ0) is 16.1. The van der Waals surface area contributed by atoms with E-state index in [0.29, 0.717) is 6.61 Å². The van der Waals surface area contributed by atoms with Crippen LogP contribution < -0.4 is 15.4 Å². The standard InChI is InChI=1S/C18H27N3O2/c1-2-23-17-13-14(7-10-21-11-8-19-9-12-21)3-6-16(17)20-18(22)15-4-5-15/h3,6,13,15,19H,2,4-5,7-12H2,1H3,(H,20,22). The molecule has 0 radical (unpaired) electrons. The van der Waals surface area contributed by atoms with Gasteiger partial charge in [-0.25, -0.2) is 0 Å². The third kappa shape index (κ3) is 4.69. The highest BCUT2D eigenvalue weighted by Crippen LogP contribution is 2.32. The number of piperazine rings is 1. The molecule has 1 aromatic carbocycles. The molecule has 1 saturated heterocycles. The fourth-order valence-corrected chi connectivity index (χ4v) is 2.90. The Kier molecular flexibility index (Phi) is 5.51. The Morgan fingerprint density at radius 3 is 2.83 bits per heavy atom. The SMILES string of the molecule is CCOc1cc(CCN2CCNCC2)ccc1NC(=O)C1CC1.